The minimum Gasteiger partial charge on any atom is -0.395 e. The number of nitrogens with zero attached hydrogens (tertiary/aromatic N) is 3. The molecule has 0 bridgehead atoms. The Morgan fingerprint density at radius 3 is 2.72 bits per heavy atom. The van der Waals surface area contributed by atoms with E-state index >= 15 is 0 Å². The van der Waals surface area contributed by atoms with Crippen molar-refractivity contribution in [1.29, 1.82) is 0 Å². The Morgan fingerprint density at radius 2 is 1.94 bits per heavy atom. The highest BCUT2D eigenvalue weighted by Crippen LogP contribution is 2.43. The number of carbonyl (C=O) groups excluding carboxylic acids is 1. The summed E-state index contributed by atoms with van der Waals surface area (Å²) in [7, 11) is 0. The first kappa shape index (κ1) is 21.3. The van der Waals surface area contributed by atoms with Crippen molar-refractivity contribution in [3.8, 4) is 17.3 Å². The van der Waals surface area contributed by atoms with Crippen molar-refractivity contribution >= 4 is 11.8 Å². The number of fused-ring (bicyclic) bond motifs is 1. The number of carbonyl (C=O) groups is 1. The number of ether oxygens (including phenoxy) is 2. The van der Waals surface area contributed by atoms with Crippen LogP contribution in [0.25, 0.3) is 5.82 Å². The summed E-state index contributed by atoms with van der Waals surface area (Å²) in [4.78, 5) is 15.8. The lowest BCUT2D eigenvalue weighted by atomic mass is 10.1. The average Bonchev–Trinajstić information content (AvgIpc) is 3.30. The Labute approximate surface area is 177 Å². The van der Waals surface area contributed by atoms with E-state index in [1.165, 1.54) is 30.6 Å². The van der Waals surface area contributed by atoms with Crippen molar-refractivity contribution in [3.05, 3.63) is 59.9 Å². The van der Waals surface area contributed by atoms with Gasteiger partial charge < -0.3 is 14.8 Å². The standard InChI is InChI=1S/C19H14F5N5O3/c20-18(21,22)12-4-2-8-25-16(12)29-10-7-14(28-29)27-17(30)26-9-6-11-3-1-5-13-15(11)32-19(23,24)31-13/h1-5,7-8,10H,6,9H2,(H2,26,27,28,30). The summed E-state index contributed by atoms with van der Waals surface area (Å²) in [5.74, 6) is -0.659. The van der Waals surface area contributed by atoms with Gasteiger partial charge in [0.2, 0.25) is 0 Å². The zero-order valence-electron chi connectivity index (χ0n) is 16.0. The Morgan fingerprint density at radius 1 is 1.12 bits per heavy atom. The van der Waals surface area contributed by atoms with Crippen LogP contribution in [0, 0.1) is 0 Å². The van der Waals surface area contributed by atoms with E-state index in [-0.39, 0.29) is 30.3 Å². The Kier molecular flexibility index (Phi) is 5.32. The van der Waals surface area contributed by atoms with E-state index in [1.54, 1.807) is 6.07 Å². The molecule has 3 heterocycles. The summed E-state index contributed by atoms with van der Waals surface area (Å²) in [6, 6.07) is 7.03. The van der Waals surface area contributed by atoms with Crippen LogP contribution in [0.2, 0.25) is 0 Å². The Hall–Kier alpha value is -3.90. The minimum absolute atomic E-state index is 0.0155. The molecular weight excluding hydrogens is 441 g/mol. The molecule has 0 unspecified atom stereocenters. The van der Waals surface area contributed by atoms with Gasteiger partial charge in [0.1, 0.15) is 5.56 Å². The van der Waals surface area contributed by atoms with E-state index < -0.39 is 29.9 Å². The fourth-order valence-electron chi connectivity index (χ4n) is 3.00. The molecule has 0 saturated heterocycles. The second-order valence-corrected chi connectivity index (χ2v) is 6.56. The number of amides is 2. The third-order valence-corrected chi connectivity index (χ3v) is 4.33. The smallest absolute Gasteiger partial charge is 0.395 e. The van der Waals surface area contributed by atoms with Gasteiger partial charge in [-0.25, -0.2) is 14.5 Å². The highest BCUT2D eigenvalue weighted by atomic mass is 19.4. The van der Waals surface area contributed by atoms with E-state index in [9.17, 15) is 26.7 Å². The molecular formula is C19H14F5N5O3. The number of hydrogen-bond acceptors (Lipinski definition) is 5. The van der Waals surface area contributed by atoms with Crippen LogP contribution in [0.3, 0.4) is 0 Å². The van der Waals surface area contributed by atoms with Crippen molar-refractivity contribution in [2.75, 3.05) is 11.9 Å². The fraction of sp³-hybridized carbons (Fsp3) is 0.211. The first-order valence-corrected chi connectivity index (χ1v) is 9.13. The summed E-state index contributed by atoms with van der Waals surface area (Å²) in [5.41, 5.74) is -0.578. The molecule has 0 fully saturated rings. The molecule has 1 aromatic carbocycles. The summed E-state index contributed by atoms with van der Waals surface area (Å²) < 4.78 is 75.6. The molecule has 3 aromatic rings. The van der Waals surface area contributed by atoms with Gasteiger partial charge in [-0.15, -0.1) is 13.9 Å². The van der Waals surface area contributed by atoms with Crippen LogP contribution in [-0.2, 0) is 12.6 Å². The van der Waals surface area contributed by atoms with Gasteiger partial charge in [-0.3, -0.25) is 5.32 Å². The molecule has 1 aliphatic rings. The molecule has 2 aromatic heterocycles. The van der Waals surface area contributed by atoms with Crippen LogP contribution in [0.5, 0.6) is 11.5 Å². The van der Waals surface area contributed by atoms with Gasteiger partial charge in [-0.1, -0.05) is 12.1 Å². The number of benzene rings is 1. The molecule has 0 atom stereocenters. The largest absolute Gasteiger partial charge is 0.586 e. The number of hydrogen-bond donors (Lipinski definition) is 2. The highest BCUT2D eigenvalue weighted by Gasteiger charge is 2.44. The third kappa shape index (κ3) is 4.55. The van der Waals surface area contributed by atoms with Crippen LogP contribution in [0.15, 0.2) is 48.8 Å². The first-order valence-electron chi connectivity index (χ1n) is 9.13. The molecule has 8 nitrogen and oxygen atoms in total. The number of halogens is 5. The van der Waals surface area contributed by atoms with Crippen molar-refractivity contribution < 1.29 is 36.2 Å². The monoisotopic (exact) mass is 455 g/mol. The van der Waals surface area contributed by atoms with Crippen molar-refractivity contribution in [3.63, 3.8) is 0 Å². The number of nitrogens with one attached hydrogen (secondary N) is 2. The maximum Gasteiger partial charge on any atom is 0.586 e. The second kappa shape index (κ2) is 7.98. The summed E-state index contributed by atoms with van der Waals surface area (Å²) in [6.45, 7) is 0.0520. The van der Waals surface area contributed by atoms with Crippen LogP contribution < -0.4 is 20.1 Å². The molecule has 0 saturated carbocycles. The summed E-state index contributed by atoms with van der Waals surface area (Å²) in [5, 5.41) is 8.76. The van der Waals surface area contributed by atoms with E-state index in [1.807, 2.05) is 0 Å². The topological polar surface area (TPSA) is 90.3 Å². The molecule has 0 spiro atoms. The normalized spacial score (nSPS) is 14.3. The Balaban J connectivity index is 1.35. The quantitative estimate of drug-likeness (QED) is 0.569. The lowest BCUT2D eigenvalue weighted by Crippen LogP contribution is -2.30. The number of anilines is 1. The van der Waals surface area contributed by atoms with E-state index in [4.69, 9.17) is 0 Å². The van der Waals surface area contributed by atoms with Crippen molar-refractivity contribution in [2.24, 2.45) is 0 Å². The van der Waals surface area contributed by atoms with Gasteiger partial charge in [0.15, 0.2) is 23.1 Å². The molecule has 0 aliphatic carbocycles. The number of urea groups is 1. The maximum atomic E-state index is 13.2. The molecule has 32 heavy (non-hydrogen) atoms. The zero-order chi connectivity index (χ0) is 22.9. The average molecular weight is 455 g/mol. The number of aromatic nitrogens is 3. The predicted molar refractivity (Wildman–Crippen MR) is 99.7 cm³/mol. The van der Waals surface area contributed by atoms with E-state index in [2.05, 4.69) is 30.2 Å². The molecule has 168 valence electrons. The van der Waals surface area contributed by atoms with Crippen LogP contribution in [-0.4, -0.2) is 33.6 Å². The van der Waals surface area contributed by atoms with Gasteiger partial charge in [-0.05, 0) is 24.6 Å². The Bertz CT molecular complexity index is 1150. The van der Waals surface area contributed by atoms with Gasteiger partial charge in [-0.2, -0.15) is 13.2 Å². The van der Waals surface area contributed by atoms with E-state index in [0.29, 0.717) is 5.56 Å². The maximum absolute atomic E-state index is 13.2. The molecule has 2 N–H and O–H groups in total. The SMILES string of the molecule is O=C(NCCc1cccc2c1OC(F)(F)O2)Nc1ccn(-c2ncccc2C(F)(F)F)n1. The fourth-order valence-corrected chi connectivity index (χ4v) is 3.00. The van der Waals surface area contributed by atoms with Gasteiger partial charge in [0, 0.05) is 30.6 Å². The summed E-state index contributed by atoms with van der Waals surface area (Å²) in [6.07, 6.45) is -5.80. The van der Waals surface area contributed by atoms with Crippen molar-refractivity contribution in [1.82, 2.24) is 20.1 Å². The molecule has 13 heteroatoms. The number of para-hydroxylation sites is 1. The molecule has 0 radical (unpaired) electrons. The highest BCUT2D eigenvalue weighted by molar-refractivity contribution is 5.88. The summed E-state index contributed by atoms with van der Waals surface area (Å²) >= 11 is 0. The van der Waals surface area contributed by atoms with Crippen LogP contribution >= 0.6 is 0 Å². The number of rotatable bonds is 5. The molecule has 2 amide bonds. The number of pyridine rings is 1. The molecule has 4 rings (SSSR count). The van der Waals surface area contributed by atoms with Gasteiger partial charge in [0.25, 0.3) is 0 Å². The number of alkyl halides is 5. The first-order chi connectivity index (χ1) is 15.1. The van der Waals surface area contributed by atoms with Crippen LogP contribution in [0.4, 0.5) is 32.6 Å². The van der Waals surface area contributed by atoms with E-state index in [0.717, 1.165) is 16.8 Å². The van der Waals surface area contributed by atoms with Crippen molar-refractivity contribution in [2.45, 2.75) is 18.9 Å². The van der Waals surface area contributed by atoms with Crippen LogP contribution in [0.1, 0.15) is 11.1 Å². The third-order valence-electron chi connectivity index (χ3n) is 4.33. The predicted octanol–water partition coefficient (Wildman–Crippen LogP) is 3.97. The van der Waals surface area contributed by atoms with Gasteiger partial charge in [0.05, 0.1) is 0 Å². The lowest BCUT2D eigenvalue weighted by molar-refractivity contribution is -0.286. The van der Waals surface area contributed by atoms with Gasteiger partial charge >= 0.3 is 18.5 Å². The minimum atomic E-state index is -4.63. The second-order valence-electron chi connectivity index (χ2n) is 6.56. The molecule has 1 aliphatic heterocycles. The zero-order valence-corrected chi connectivity index (χ0v) is 16.0. The lowest BCUT2D eigenvalue weighted by Gasteiger charge is -2.11.